The molecule has 5 nitrogen and oxygen atoms in total. The summed E-state index contributed by atoms with van der Waals surface area (Å²) in [5.41, 5.74) is 2.13. The summed E-state index contributed by atoms with van der Waals surface area (Å²) in [6.45, 7) is 2.61. The number of carboxylic acids is 1. The highest BCUT2D eigenvalue weighted by Crippen LogP contribution is 2.27. The molecule has 0 aromatic heterocycles. The summed E-state index contributed by atoms with van der Waals surface area (Å²) in [4.78, 5) is 26.8. The SMILES string of the molecule is CCC(C(=O)O)N(C)CC(=O)N1CCc2ccccc21. The molecule has 1 unspecified atom stereocenters. The number of rotatable bonds is 5. The van der Waals surface area contributed by atoms with Crippen molar-refractivity contribution in [3.63, 3.8) is 0 Å². The molecule has 1 heterocycles. The monoisotopic (exact) mass is 276 g/mol. The van der Waals surface area contributed by atoms with Crippen LogP contribution in [0.25, 0.3) is 0 Å². The van der Waals surface area contributed by atoms with E-state index in [2.05, 4.69) is 0 Å². The number of amides is 1. The van der Waals surface area contributed by atoms with Crippen LogP contribution in [0.3, 0.4) is 0 Å². The van der Waals surface area contributed by atoms with Gasteiger partial charge in [-0.1, -0.05) is 25.1 Å². The fourth-order valence-corrected chi connectivity index (χ4v) is 2.68. The van der Waals surface area contributed by atoms with Gasteiger partial charge in [0.15, 0.2) is 0 Å². The van der Waals surface area contributed by atoms with E-state index in [0.717, 1.165) is 12.1 Å². The molecule has 108 valence electrons. The number of nitrogens with zero attached hydrogens (tertiary/aromatic N) is 2. The Balaban J connectivity index is 2.05. The molecule has 0 bridgehead atoms. The number of carbonyl (C=O) groups excluding carboxylic acids is 1. The molecule has 20 heavy (non-hydrogen) atoms. The van der Waals surface area contributed by atoms with Crippen LogP contribution in [-0.2, 0) is 16.0 Å². The second kappa shape index (κ2) is 6.05. The van der Waals surface area contributed by atoms with Crippen molar-refractivity contribution in [1.82, 2.24) is 4.90 Å². The summed E-state index contributed by atoms with van der Waals surface area (Å²) in [5, 5.41) is 9.11. The molecule has 1 N–H and O–H groups in total. The first-order chi connectivity index (χ1) is 9.54. The van der Waals surface area contributed by atoms with Crippen LogP contribution in [-0.4, -0.2) is 48.1 Å². The number of hydrogen-bond donors (Lipinski definition) is 1. The van der Waals surface area contributed by atoms with Crippen LogP contribution in [0.1, 0.15) is 18.9 Å². The van der Waals surface area contributed by atoms with Gasteiger partial charge < -0.3 is 10.0 Å². The Hall–Kier alpha value is -1.88. The van der Waals surface area contributed by atoms with Gasteiger partial charge in [-0.2, -0.15) is 0 Å². The molecule has 0 aliphatic carbocycles. The molecule has 1 aliphatic heterocycles. The van der Waals surface area contributed by atoms with E-state index in [9.17, 15) is 9.59 Å². The molecule has 1 aromatic carbocycles. The zero-order valence-electron chi connectivity index (χ0n) is 11.9. The average Bonchev–Trinajstić information content (AvgIpc) is 2.82. The van der Waals surface area contributed by atoms with Gasteiger partial charge in [-0.3, -0.25) is 14.5 Å². The van der Waals surface area contributed by atoms with Crippen molar-refractivity contribution in [2.24, 2.45) is 0 Å². The maximum Gasteiger partial charge on any atom is 0.320 e. The molecule has 5 heteroatoms. The number of likely N-dealkylation sites (N-methyl/N-ethyl adjacent to an activating group) is 1. The van der Waals surface area contributed by atoms with Gasteiger partial charge in [-0.05, 0) is 31.5 Å². The molecular weight excluding hydrogens is 256 g/mol. The van der Waals surface area contributed by atoms with Gasteiger partial charge in [0.2, 0.25) is 5.91 Å². The zero-order valence-corrected chi connectivity index (χ0v) is 11.9. The number of benzene rings is 1. The lowest BCUT2D eigenvalue weighted by molar-refractivity contribution is -0.143. The molecule has 1 aromatic rings. The number of fused-ring (bicyclic) bond motifs is 1. The predicted molar refractivity (Wildman–Crippen MR) is 76.8 cm³/mol. The second-order valence-corrected chi connectivity index (χ2v) is 5.10. The minimum atomic E-state index is -0.885. The quantitative estimate of drug-likeness (QED) is 0.882. The van der Waals surface area contributed by atoms with E-state index in [1.165, 1.54) is 5.56 Å². The Kier molecular flexibility index (Phi) is 4.39. The van der Waals surface area contributed by atoms with Gasteiger partial charge in [0.25, 0.3) is 0 Å². The van der Waals surface area contributed by atoms with Gasteiger partial charge in [0.05, 0.1) is 6.54 Å². The molecule has 2 rings (SSSR count). The number of hydrogen-bond acceptors (Lipinski definition) is 3. The van der Waals surface area contributed by atoms with Crippen molar-refractivity contribution in [1.29, 1.82) is 0 Å². The summed E-state index contributed by atoms with van der Waals surface area (Å²) >= 11 is 0. The third-order valence-corrected chi connectivity index (χ3v) is 3.78. The summed E-state index contributed by atoms with van der Waals surface area (Å²) < 4.78 is 0. The van der Waals surface area contributed by atoms with Gasteiger partial charge in [-0.25, -0.2) is 0 Å². The Morgan fingerprint density at radius 3 is 2.75 bits per heavy atom. The summed E-state index contributed by atoms with van der Waals surface area (Å²) in [7, 11) is 1.68. The summed E-state index contributed by atoms with van der Waals surface area (Å²) in [6, 6.07) is 7.24. The molecule has 1 aliphatic rings. The minimum absolute atomic E-state index is 0.0443. The molecule has 0 saturated heterocycles. The van der Waals surface area contributed by atoms with Crippen LogP contribution in [0, 0.1) is 0 Å². The molecule has 0 spiro atoms. The van der Waals surface area contributed by atoms with E-state index in [1.807, 2.05) is 31.2 Å². The first kappa shape index (κ1) is 14.5. The third-order valence-electron chi connectivity index (χ3n) is 3.78. The van der Waals surface area contributed by atoms with Gasteiger partial charge >= 0.3 is 5.97 Å². The lowest BCUT2D eigenvalue weighted by Gasteiger charge is -2.25. The van der Waals surface area contributed by atoms with Crippen LogP contribution in [0.2, 0.25) is 0 Å². The first-order valence-corrected chi connectivity index (χ1v) is 6.86. The number of anilines is 1. The predicted octanol–water partition coefficient (Wildman–Crippen LogP) is 1.37. The normalized spacial score (nSPS) is 15.2. The molecule has 0 saturated carbocycles. The maximum atomic E-state index is 12.4. The standard InChI is InChI=1S/C15H20N2O3/c1-3-12(15(19)20)16(2)10-14(18)17-9-8-11-6-4-5-7-13(11)17/h4-7,12H,3,8-10H2,1-2H3,(H,19,20). The van der Waals surface area contributed by atoms with Crippen molar-refractivity contribution in [2.75, 3.05) is 25.0 Å². The van der Waals surface area contributed by atoms with Crippen LogP contribution in [0.5, 0.6) is 0 Å². The molecule has 1 atom stereocenters. The molecule has 0 fully saturated rings. The molecule has 0 radical (unpaired) electrons. The van der Waals surface area contributed by atoms with Crippen LogP contribution in [0.15, 0.2) is 24.3 Å². The van der Waals surface area contributed by atoms with Crippen LogP contribution >= 0.6 is 0 Å². The van der Waals surface area contributed by atoms with Gasteiger partial charge in [0.1, 0.15) is 6.04 Å². The van der Waals surface area contributed by atoms with Crippen molar-refractivity contribution in [3.8, 4) is 0 Å². The lowest BCUT2D eigenvalue weighted by Crippen LogP contribution is -2.45. The summed E-state index contributed by atoms with van der Waals surface area (Å²) in [5.74, 6) is -0.929. The fourth-order valence-electron chi connectivity index (χ4n) is 2.68. The number of para-hydroxylation sites is 1. The van der Waals surface area contributed by atoms with Crippen molar-refractivity contribution >= 4 is 17.6 Å². The number of carbonyl (C=O) groups is 2. The minimum Gasteiger partial charge on any atom is -0.480 e. The van der Waals surface area contributed by atoms with Crippen molar-refractivity contribution in [3.05, 3.63) is 29.8 Å². The Bertz CT molecular complexity index is 516. The number of aliphatic carboxylic acids is 1. The smallest absolute Gasteiger partial charge is 0.320 e. The molecule has 1 amide bonds. The largest absolute Gasteiger partial charge is 0.480 e. The highest BCUT2D eigenvalue weighted by atomic mass is 16.4. The zero-order chi connectivity index (χ0) is 14.7. The first-order valence-electron chi connectivity index (χ1n) is 6.86. The van der Waals surface area contributed by atoms with E-state index >= 15 is 0 Å². The average molecular weight is 276 g/mol. The summed E-state index contributed by atoms with van der Waals surface area (Å²) in [6.07, 6.45) is 1.34. The third kappa shape index (κ3) is 2.82. The Morgan fingerprint density at radius 1 is 1.40 bits per heavy atom. The van der Waals surface area contributed by atoms with E-state index in [1.54, 1.807) is 16.8 Å². The second-order valence-electron chi connectivity index (χ2n) is 5.10. The fraction of sp³-hybridized carbons (Fsp3) is 0.467. The van der Waals surface area contributed by atoms with E-state index in [0.29, 0.717) is 13.0 Å². The van der Waals surface area contributed by atoms with E-state index in [-0.39, 0.29) is 12.5 Å². The van der Waals surface area contributed by atoms with Crippen LogP contribution in [0.4, 0.5) is 5.69 Å². The Morgan fingerprint density at radius 2 is 2.10 bits per heavy atom. The maximum absolute atomic E-state index is 12.4. The van der Waals surface area contributed by atoms with Gasteiger partial charge in [-0.15, -0.1) is 0 Å². The Labute approximate surface area is 118 Å². The van der Waals surface area contributed by atoms with Crippen molar-refractivity contribution in [2.45, 2.75) is 25.8 Å². The highest BCUT2D eigenvalue weighted by molar-refractivity contribution is 5.97. The van der Waals surface area contributed by atoms with Crippen molar-refractivity contribution < 1.29 is 14.7 Å². The number of carboxylic acid groups (broad SMARTS) is 1. The van der Waals surface area contributed by atoms with E-state index in [4.69, 9.17) is 5.11 Å². The van der Waals surface area contributed by atoms with Crippen LogP contribution < -0.4 is 4.90 Å². The molecular formula is C15H20N2O3. The van der Waals surface area contributed by atoms with E-state index < -0.39 is 12.0 Å². The highest BCUT2D eigenvalue weighted by Gasteiger charge is 2.28. The topological polar surface area (TPSA) is 60.9 Å². The lowest BCUT2D eigenvalue weighted by atomic mass is 10.2. The van der Waals surface area contributed by atoms with Gasteiger partial charge in [0, 0.05) is 12.2 Å².